The van der Waals surface area contributed by atoms with Crippen LogP contribution >= 0.6 is 0 Å². The number of hydrogen-bond donors (Lipinski definition) is 1. The van der Waals surface area contributed by atoms with Crippen LogP contribution in [0.3, 0.4) is 0 Å². The molecule has 2 atom stereocenters. The van der Waals surface area contributed by atoms with Crippen molar-refractivity contribution < 1.29 is 23.2 Å². The van der Waals surface area contributed by atoms with Gasteiger partial charge in [-0.2, -0.15) is 0 Å². The van der Waals surface area contributed by atoms with Crippen LogP contribution in [0.4, 0.5) is 4.39 Å². The highest BCUT2D eigenvalue weighted by molar-refractivity contribution is 6.45. The lowest BCUT2D eigenvalue weighted by Gasteiger charge is -2.44. The van der Waals surface area contributed by atoms with E-state index in [9.17, 15) is 9.18 Å². The molecular formula is C28H44BFN2O4. The Hall–Kier alpha value is -1.48. The Morgan fingerprint density at radius 1 is 1.17 bits per heavy atom. The number of ether oxygens (including phenoxy) is 1. The van der Waals surface area contributed by atoms with Crippen LogP contribution in [0.15, 0.2) is 18.2 Å². The zero-order valence-electron chi connectivity index (χ0n) is 23.0. The second kappa shape index (κ2) is 10.7. The maximum atomic E-state index is 13.7. The number of unbranched alkanes of at least 4 members (excludes halogenated alkanes) is 1. The van der Waals surface area contributed by atoms with Gasteiger partial charge in [-0.1, -0.05) is 18.9 Å². The topological polar surface area (TPSA) is 60.0 Å². The van der Waals surface area contributed by atoms with Crippen LogP contribution in [-0.4, -0.2) is 62.0 Å². The van der Waals surface area contributed by atoms with Gasteiger partial charge in [0, 0.05) is 6.04 Å². The number of likely N-dealkylation sites (N-methyl/N-ethyl adjacent to an activating group) is 1. The molecule has 1 aromatic rings. The zero-order chi connectivity index (χ0) is 26.1. The SMILES string of the molecule is CNC(CCCCB1OC(C)(C)C(C)(C)O1)(C(=O)OC)C1CCN(C2CCc3cc(F)ccc32)CC1. The van der Waals surface area contributed by atoms with Crippen LogP contribution in [0.2, 0.25) is 6.32 Å². The minimum atomic E-state index is -0.687. The number of esters is 1. The summed E-state index contributed by atoms with van der Waals surface area (Å²) in [6, 6.07) is 5.58. The summed E-state index contributed by atoms with van der Waals surface area (Å²) in [5.41, 5.74) is 1.09. The summed E-state index contributed by atoms with van der Waals surface area (Å²) in [5.74, 6) is -0.110. The quantitative estimate of drug-likeness (QED) is 0.294. The maximum Gasteiger partial charge on any atom is 0.457 e. The molecule has 200 valence electrons. The van der Waals surface area contributed by atoms with E-state index in [1.165, 1.54) is 12.7 Å². The summed E-state index contributed by atoms with van der Waals surface area (Å²) < 4.78 is 31.3. The molecule has 0 radical (unpaired) electrons. The molecule has 36 heavy (non-hydrogen) atoms. The number of piperidine rings is 1. The number of nitrogens with one attached hydrogen (secondary N) is 1. The van der Waals surface area contributed by atoms with Crippen LogP contribution in [0.25, 0.3) is 0 Å². The molecule has 6 nitrogen and oxygen atoms in total. The number of aryl methyl sites for hydroxylation is 1. The van der Waals surface area contributed by atoms with Crippen molar-refractivity contribution >= 4 is 13.1 Å². The Morgan fingerprint density at radius 3 is 2.44 bits per heavy atom. The summed E-state index contributed by atoms with van der Waals surface area (Å²) in [5, 5.41) is 3.40. The van der Waals surface area contributed by atoms with Crippen LogP contribution < -0.4 is 5.32 Å². The average molecular weight is 502 g/mol. The van der Waals surface area contributed by atoms with Gasteiger partial charge in [0.25, 0.3) is 0 Å². The second-order valence-electron chi connectivity index (χ2n) is 11.9. The molecule has 2 fully saturated rings. The highest BCUT2D eigenvalue weighted by Crippen LogP contribution is 2.41. The molecule has 0 aromatic heterocycles. The number of carbonyl (C=O) groups excluding carboxylic acids is 1. The molecule has 3 aliphatic rings. The molecule has 0 amide bonds. The Bertz CT molecular complexity index is 918. The van der Waals surface area contributed by atoms with E-state index in [0.29, 0.717) is 6.04 Å². The van der Waals surface area contributed by atoms with E-state index >= 15 is 0 Å². The predicted octanol–water partition coefficient (Wildman–Crippen LogP) is 4.92. The molecule has 4 rings (SSSR count). The molecule has 0 bridgehead atoms. The highest BCUT2D eigenvalue weighted by Gasteiger charge is 2.51. The van der Waals surface area contributed by atoms with Gasteiger partial charge in [-0.05, 0) is 115 Å². The fraction of sp³-hybridized carbons (Fsp3) is 0.750. The van der Waals surface area contributed by atoms with Crippen LogP contribution in [0, 0.1) is 11.7 Å². The molecule has 0 spiro atoms. The lowest BCUT2D eigenvalue weighted by atomic mass is 9.73. The highest BCUT2D eigenvalue weighted by atomic mass is 19.1. The van der Waals surface area contributed by atoms with Gasteiger partial charge in [-0.3, -0.25) is 9.69 Å². The van der Waals surface area contributed by atoms with Gasteiger partial charge in [0.1, 0.15) is 11.4 Å². The van der Waals surface area contributed by atoms with Gasteiger partial charge in [0.2, 0.25) is 0 Å². The number of likely N-dealkylation sites (tertiary alicyclic amines) is 1. The number of halogens is 1. The van der Waals surface area contributed by atoms with E-state index in [-0.39, 0.29) is 36.0 Å². The Morgan fingerprint density at radius 2 is 1.83 bits per heavy atom. The first-order valence-corrected chi connectivity index (χ1v) is 13.7. The second-order valence-corrected chi connectivity index (χ2v) is 11.9. The van der Waals surface area contributed by atoms with Crippen molar-refractivity contribution in [1.29, 1.82) is 0 Å². The average Bonchev–Trinajstić information content (AvgIpc) is 3.35. The van der Waals surface area contributed by atoms with Crippen molar-refractivity contribution in [3.8, 4) is 0 Å². The molecule has 2 saturated heterocycles. The van der Waals surface area contributed by atoms with Crippen molar-refractivity contribution in [3.05, 3.63) is 35.1 Å². The number of fused-ring (bicyclic) bond motifs is 1. The van der Waals surface area contributed by atoms with E-state index in [4.69, 9.17) is 14.0 Å². The third-order valence-corrected chi connectivity index (χ3v) is 9.38. The minimum absolute atomic E-state index is 0.150. The van der Waals surface area contributed by atoms with Crippen molar-refractivity contribution in [1.82, 2.24) is 10.2 Å². The predicted molar refractivity (Wildman–Crippen MR) is 140 cm³/mol. The lowest BCUT2D eigenvalue weighted by Crippen LogP contribution is -2.59. The number of carbonyl (C=O) groups is 1. The third-order valence-electron chi connectivity index (χ3n) is 9.38. The molecule has 1 aromatic carbocycles. The van der Waals surface area contributed by atoms with E-state index < -0.39 is 5.54 Å². The Balaban J connectivity index is 1.34. The minimum Gasteiger partial charge on any atom is -0.468 e. The lowest BCUT2D eigenvalue weighted by molar-refractivity contribution is -0.152. The van der Waals surface area contributed by atoms with Gasteiger partial charge in [-0.25, -0.2) is 4.39 Å². The first-order chi connectivity index (χ1) is 17.0. The molecule has 0 saturated carbocycles. The van der Waals surface area contributed by atoms with E-state index in [1.54, 1.807) is 12.1 Å². The number of hydrogen-bond acceptors (Lipinski definition) is 6. The van der Waals surface area contributed by atoms with Crippen LogP contribution in [0.5, 0.6) is 0 Å². The van der Waals surface area contributed by atoms with Gasteiger partial charge >= 0.3 is 13.1 Å². The van der Waals surface area contributed by atoms with Gasteiger partial charge in [-0.15, -0.1) is 0 Å². The largest absolute Gasteiger partial charge is 0.468 e. The van der Waals surface area contributed by atoms with E-state index in [2.05, 4.69) is 37.9 Å². The molecule has 8 heteroatoms. The first-order valence-electron chi connectivity index (χ1n) is 13.7. The number of nitrogens with zero attached hydrogens (tertiary/aromatic N) is 1. The van der Waals surface area contributed by atoms with Gasteiger partial charge in [0.05, 0.1) is 18.3 Å². The fourth-order valence-electron chi connectivity index (χ4n) is 6.53. The molecule has 1 N–H and O–H groups in total. The van der Waals surface area contributed by atoms with E-state index in [0.717, 1.165) is 69.9 Å². The van der Waals surface area contributed by atoms with Gasteiger partial charge in [0.15, 0.2) is 0 Å². The molecule has 2 heterocycles. The monoisotopic (exact) mass is 502 g/mol. The summed E-state index contributed by atoms with van der Waals surface area (Å²) >= 11 is 0. The zero-order valence-corrected chi connectivity index (χ0v) is 23.0. The number of rotatable bonds is 9. The molecule has 2 aliphatic heterocycles. The third kappa shape index (κ3) is 5.24. The fourth-order valence-corrected chi connectivity index (χ4v) is 6.53. The summed E-state index contributed by atoms with van der Waals surface area (Å²) in [7, 11) is 3.17. The number of benzene rings is 1. The first kappa shape index (κ1) is 27.6. The van der Waals surface area contributed by atoms with Crippen molar-refractivity contribution in [2.45, 2.75) is 102 Å². The normalized spacial score (nSPS) is 25.5. The molecule has 2 unspecified atom stereocenters. The standard InChI is InChI=1S/C28H44BFN2O4/c1-26(2)27(3,4)36-29(35-26)16-8-7-15-28(31-5,25(33)34-6)21-13-17-32(18-14-21)24-12-9-20-19-22(30)10-11-23(20)24/h10-11,19,21,24,31H,7-9,12-18H2,1-6H3. The van der Waals surface area contributed by atoms with Crippen molar-refractivity contribution in [2.75, 3.05) is 27.2 Å². The Labute approximate surface area is 216 Å². The van der Waals surface area contributed by atoms with Crippen LogP contribution in [-0.2, 0) is 25.3 Å². The maximum absolute atomic E-state index is 13.7. The van der Waals surface area contributed by atoms with Crippen LogP contribution in [0.1, 0.15) is 83.4 Å². The van der Waals surface area contributed by atoms with Crippen molar-refractivity contribution in [3.63, 3.8) is 0 Å². The van der Waals surface area contributed by atoms with Crippen molar-refractivity contribution in [2.24, 2.45) is 5.92 Å². The summed E-state index contributed by atoms with van der Waals surface area (Å²) in [4.78, 5) is 15.7. The Kier molecular flexibility index (Phi) is 8.20. The smallest absolute Gasteiger partial charge is 0.457 e. The van der Waals surface area contributed by atoms with E-state index in [1.807, 2.05) is 13.1 Å². The molecule has 1 aliphatic carbocycles. The van der Waals surface area contributed by atoms with Gasteiger partial charge < -0.3 is 19.4 Å². The summed E-state index contributed by atoms with van der Waals surface area (Å²) in [6.07, 6.45) is 7.19. The molecular weight excluding hydrogens is 458 g/mol. The summed E-state index contributed by atoms with van der Waals surface area (Å²) in [6.45, 7) is 10.2. The number of methoxy groups -OCH3 is 1.